The van der Waals surface area contributed by atoms with Crippen molar-refractivity contribution in [2.75, 3.05) is 27.3 Å². The van der Waals surface area contributed by atoms with Crippen molar-refractivity contribution in [1.82, 2.24) is 4.90 Å². The van der Waals surface area contributed by atoms with Gasteiger partial charge in [-0.15, -0.1) is 0 Å². The molecule has 0 aromatic heterocycles. The minimum atomic E-state index is -0.454. The predicted molar refractivity (Wildman–Crippen MR) is 84.6 cm³/mol. The average molecular weight is 328 g/mol. The van der Waals surface area contributed by atoms with Gasteiger partial charge in [0.1, 0.15) is 11.3 Å². The highest BCUT2D eigenvalue weighted by atomic mass is 35.5. The highest BCUT2D eigenvalue weighted by Crippen LogP contribution is 2.30. The molecule has 0 bridgehead atoms. The molecule has 0 saturated carbocycles. The van der Waals surface area contributed by atoms with E-state index in [4.69, 9.17) is 25.8 Å². The van der Waals surface area contributed by atoms with E-state index in [0.717, 1.165) is 18.7 Å². The fraction of sp³-hybridized carbons (Fsp3) is 0.562. The lowest BCUT2D eigenvalue weighted by atomic mass is 10.1. The van der Waals surface area contributed by atoms with E-state index in [0.29, 0.717) is 22.9 Å². The fourth-order valence-corrected chi connectivity index (χ4v) is 3.17. The van der Waals surface area contributed by atoms with Gasteiger partial charge in [-0.1, -0.05) is 11.6 Å². The molecule has 1 saturated heterocycles. The quantitative estimate of drug-likeness (QED) is 0.796. The van der Waals surface area contributed by atoms with Gasteiger partial charge in [0.15, 0.2) is 0 Å². The second kappa shape index (κ2) is 7.31. The largest absolute Gasteiger partial charge is 0.496 e. The topological polar surface area (TPSA) is 48.0 Å². The van der Waals surface area contributed by atoms with E-state index in [1.54, 1.807) is 13.2 Å². The van der Waals surface area contributed by atoms with E-state index < -0.39 is 5.97 Å². The molecule has 6 heteroatoms. The molecule has 2 atom stereocenters. The SMILES string of the molecule is COC(=O)c1cc(Cl)cc(CN2C[C@@H](C)O[C@@H](C)C2)c1OC. The van der Waals surface area contributed by atoms with Crippen LogP contribution < -0.4 is 4.74 Å². The molecule has 2 rings (SSSR count). The number of esters is 1. The lowest BCUT2D eigenvalue weighted by Crippen LogP contribution is -2.44. The van der Waals surface area contributed by atoms with E-state index in [1.165, 1.54) is 7.11 Å². The molecule has 1 aliphatic heterocycles. The van der Waals surface area contributed by atoms with Crippen molar-refractivity contribution >= 4 is 17.6 Å². The predicted octanol–water partition coefficient (Wildman–Crippen LogP) is 2.74. The number of benzene rings is 1. The number of halogens is 1. The van der Waals surface area contributed by atoms with E-state index in [1.807, 2.05) is 6.07 Å². The van der Waals surface area contributed by atoms with E-state index in [2.05, 4.69) is 18.7 Å². The van der Waals surface area contributed by atoms with Crippen molar-refractivity contribution in [3.8, 4) is 5.75 Å². The second-order valence-corrected chi connectivity index (χ2v) is 6.03. The van der Waals surface area contributed by atoms with Crippen LogP contribution in [0.1, 0.15) is 29.8 Å². The van der Waals surface area contributed by atoms with Crippen LogP contribution in [0.5, 0.6) is 5.75 Å². The molecule has 0 N–H and O–H groups in total. The Kier molecular flexibility index (Phi) is 5.67. The maximum absolute atomic E-state index is 11.9. The van der Waals surface area contributed by atoms with Crippen LogP contribution in [0, 0.1) is 0 Å². The van der Waals surface area contributed by atoms with Gasteiger partial charge in [-0.2, -0.15) is 0 Å². The Morgan fingerprint density at radius 2 is 1.95 bits per heavy atom. The number of rotatable bonds is 4. The third kappa shape index (κ3) is 3.91. The smallest absolute Gasteiger partial charge is 0.341 e. The number of morpholine rings is 1. The van der Waals surface area contributed by atoms with Gasteiger partial charge in [-0.25, -0.2) is 4.79 Å². The van der Waals surface area contributed by atoms with Gasteiger partial charge in [0.25, 0.3) is 0 Å². The summed E-state index contributed by atoms with van der Waals surface area (Å²) < 4.78 is 16.0. The Morgan fingerprint density at radius 3 is 2.50 bits per heavy atom. The zero-order valence-corrected chi connectivity index (χ0v) is 14.1. The summed E-state index contributed by atoms with van der Waals surface area (Å²) in [7, 11) is 2.89. The second-order valence-electron chi connectivity index (χ2n) is 5.59. The van der Waals surface area contributed by atoms with Crippen molar-refractivity contribution in [1.29, 1.82) is 0 Å². The van der Waals surface area contributed by atoms with E-state index in [-0.39, 0.29) is 12.2 Å². The standard InChI is InChI=1S/C16H22ClNO4/c1-10-7-18(8-11(2)22-10)9-12-5-13(17)6-14(15(12)20-3)16(19)21-4/h5-6,10-11H,7-9H2,1-4H3/t10-,11+. The minimum absolute atomic E-state index is 0.175. The molecule has 5 nitrogen and oxygen atoms in total. The molecule has 1 heterocycles. The summed E-state index contributed by atoms with van der Waals surface area (Å²) in [6.07, 6.45) is 0.350. The lowest BCUT2D eigenvalue weighted by Gasteiger charge is -2.35. The van der Waals surface area contributed by atoms with Crippen molar-refractivity contribution in [3.05, 3.63) is 28.3 Å². The number of hydrogen-bond donors (Lipinski definition) is 0. The van der Waals surface area contributed by atoms with Crippen LogP contribution in [0.25, 0.3) is 0 Å². The first-order chi connectivity index (χ1) is 10.4. The van der Waals surface area contributed by atoms with Crippen LogP contribution in [0.2, 0.25) is 5.02 Å². The molecule has 1 aliphatic rings. The first-order valence-electron chi connectivity index (χ1n) is 7.27. The normalized spacial score (nSPS) is 22.4. The van der Waals surface area contributed by atoms with Crippen LogP contribution >= 0.6 is 11.6 Å². The maximum atomic E-state index is 11.9. The Bertz CT molecular complexity index is 539. The van der Waals surface area contributed by atoms with Crippen molar-refractivity contribution in [2.24, 2.45) is 0 Å². The number of methoxy groups -OCH3 is 2. The molecule has 122 valence electrons. The number of ether oxygens (including phenoxy) is 3. The highest BCUT2D eigenvalue weighted by Gasteiger charge is 2.25. The molecule has 0 amide bonds. The summed E-state index contributed by atoms with van der Waals surface area (Å²) in [6, 6.07) is 3.40. The number of nitrogens with zero attached hydrogens (tertiary/aromatic N) is 1. The van der Waals surface area contributed by atoms with Gasteiger partial charge in [-0.3, -0.25) is 4.90 Å². The lowest BCUT2D eigenvalue weighted by molar-refractivity contribution is -0.0706. The van der Waals surface area contributed by atoms with Gasteiger partial charge in [0, 0.05) is 30.2 Å². The zero-order chi connectivity index (χ0) is 16.3. The van der Waals surface area contributed by atoms with Crippen LogP contribution in [0.3, 0.4) is 0 Å². The Labute approximate surface area is 136 Å². The first-order valence-corrected chi connectivity index (χ1v) is 7.65. The van der Waals surface area contributed by atoms with Crippen molar-refractivity contribution in [3.63, 3.8) is 0 Å². The maximum Gasteiger partial charge on any atom is 0.341 e. The molecule has 0 spiro atoms. The minimum Gasteiger partial charge on any atom is -0.496 e. The first kappa shape index (κ1) is 17.1. The van der Waals surface area contributed by atoms with E-state index in [9.17, 15) is 4.79 Å². The molecule has 1 fully saturated rings. The molecular weight excluding hydrogens is 306 g/mol. The molecule has 22 heavy (non-hydrogen) atoms. The molecule has 0 aliphatic carbocycles. The summed E-state index contributed by atoms with van der Waals surface area (Å²) in [4.78, 5) is 14.2. The van der Waals surface area contributed by atoms with Gasteiger partial charge >= 0.3 is 5.97 Å². The molecule has 0 radical (unpaired) electrons. The number of hydrogen-bond acceptors (Lipinski definition) is 5. The van der Waals surface area contributed by atoms with Crippen molar-refractivity contribution in [2.45, 2.75) is 32.6 Å². The fourth-order valence-electron chi connectivity index (χ4n) is 2.92. The highest BCUT2D eigenvalue weighted by molar-refractivity contribution is 6.31. The summed E-state index contributed by atoms with van der Waals surface area (Å²) in [5.41, 5.74) is 1.22. The van der Waals surface area contributed by atoms with Gasteiger partial charge in [0.2, 0.25) is 0 Å². The molecule has 1 aromatic carbocycles. The summed E-state index contributed by atoms with van der Waals surface area (Å²) in [5.74, 6) is 0.0624. The number of carbonyl (C=O) groups excluding carboxylic acids is 1. The van der Waals surface area contributed by atoms with Crippen LogP contribution in [-0.4, -0.2) is 50.4 Å². The van der Waals surface area contributed by atoms with Gasteiger partial charge < -0.3 is 14.2 Å². The average Bonchev–Trinajstić information content (AvgIpc) is 2.44. The number of carbonyl (C=O) groups is 1. The van der Waals surface area contributed by atoms with Crippen LogP contribution in [-0.2, 0) is 16.0 Å². The third-order valence-corrected chi connectivity index (χ3v) is 3.85. The van der Waals surface area contributed by atoms with Crippen molar-refractivity contribution < 1.29 is 19.0 Å². The van der Waals surface area contributed by atoms with Crippen LogP contribution in [0.15, 0.2) is 12.1 Å². The Morgan fingerprint density at radius 1 is 1.32 bits per heavy atom. The summed E-state index contributed by atoms with van der Waals surface area (Å²) >= 11 is 6.15. The van der Waals surface area contributed by atoms with E-state index >= 15 is 0 Å². The zero-order valence-electron chi connectivity index (χ0n) is 13.4. The molecule has 1 aromatic rings. The van der Waals surface area contributed by atoms with Gasteiger partial charge in [0.05, 0.1) is 26.4 Å². The summed E-state index contributed by atoms with van der Waals surface area (Å²) in [6.45, 7) is 6.41. The monoisotopic (exact) mass is 327 g/mol. The van der Waals surface area contributed by atoms with Crippen LogP contribution in [0.4, 0.5) is 0 Å². The Balaban J connectivity index is 2.30. The Hall–Kier alpha value is -1.30. The third-order valence-electron chi connectivity index (χ3n) is 3.63. The molecule has 0 unspecified atom stereocenters. The molecular formula is C16H22ClNO4. The van der Waals surface area contributed by atoms with Gasteiger partial charge in [-0.05, 0) is 26.0 Å². The summed E-state index contributed by atoms with van der Waals surface area (Å²) in [5, 5.41) is 0.491.